The van der Waals surface area contributed by atoms with Crippen molar-refractivity contribution < 1.29 is 9.90 Å². The summed E-state index contributed by atoms with van der Waals surface area (Å²) in [4.78, 5) is 32.1. The largest absolute Gasteiger partial charge is 0.478 e. The zero-order valence-electron chi connectivity index (χ0n) is 16.8. The Bertz CT molecular complexity index is 1340. The highest BCUT2D eigenvalue weighted by molar-refractivity contribution is 5.94. The van der Waals surface area contributed by atoms with E-state index < -0.39 is 5.97 Å². The van der Waals surface area contributed by atoms with Gasteiger partial charge >= 0.3 is 5.97 Å². The van der Waals surface area contributed by atoms with E-state index in [9.17, 15) is 14.7 Å². The molecule has 1 aliphatic rings. The lowest BCUT2D eigenvalue weighted by atomic mass is 9.94. The quantitative estimate of drug-likeness (QED) is 0.502. The van der Waals surface area contributed by atoms with Gasteiger partial charge in [0.25, 0.3) is 0 Å². The molecule has 0 aliphatic heterocycles. The number of nitrogens with zero attached hydrogens (tertiary/aromatic N) is 2. The van der Waals surface area contributed by atoms with Crippen molar-refractivity contribution in [2.75, 3.05) is 0 Å². The Morgan fingerprint density at radius 2 is 1.90 bits per heavy atom. The SMILES string of the molecule is Cc1cc(=O)c2cc(-c3nc4cc(C(=O)O)ccc4n3C3CCCCC3)ccc2[nH]1. The monoisotopic (exact) mass is 401 g/mol. The predicted octanol–water partition coefficient (Wildman–Crippen LogP) is 5.06. The molecule has 1 saturated carbocycles. The van der Waals surface area contributed by atoms with E-state index in [4.69, 9.17) is 4.98 Å². The van der Waals surface area contributed by atoms with Gasteiger partial charge in [-0.1, -0.05) is 19.3 Å². The second kappa shape index (κ2) is 7.13. The molecule has 1 aliphatic carbocycles. The van der Waals surface area contributed by atoms with Crippen LogP contribution >= 0.6 is 0 Å². The number of benzene rings is 2. The highest BCUT2D eigenvalue weighted by atomic mass is 16.4. The number of fused-ring (bicyclic) bond motifs is 2. The van der Waals surface area contributed by atoms with Gasteiger partial charge in [0.1, 0.15) is 5.82 Å². The molecular formula is C24H23N3O3. The minimum absolute atomic E-state index is 0.0170. The Kier molecular flexibility index (Phi) is 4.42. The molecular weight excluding hydrogens is 378 g/mol. The summed E-state index contributed by atoms with van der Waals surface area (Å²) in [6, 6.07) is 12.9. The van der Waals surface area contributed by atoms with Crippen LogP contribution in [0.2, 0.25) is 0 Å². The van der Waals surface area contributed by atoms with E-state index in [1.54, 1.807) is 18.2 Å². The number of nitrogens with one attached hydrogen (secondary N) is 1. The van der Waals surface area contributed by atoms with Crippen LogP contribution in [0, 0.1) is 6.92 Å². The standard InChI is InChI=1S/C24H23N3O3/c1-14-11-22(28)18-12-15(7-9-19(18)25-14)23-26-20-13-16(24(29)30)8-10-21(20)27(23)17-5-3-2-4-6-17/h7-13,17H,2-6H2,1H3,(H,25,28)(H,29,30). The molecule has 4 aromatic rings. The number of imidazole rings is 1. The Labute approximate surface area is 173 Å². The fraction of sp³-hybridized carbons (Fsp3) is 0.292. The topological polar surface area (TPSA) is 88.0 Å². The average Bonchev–Trinajstić information content (AvgIpc) is 3.12. The first-order valence-corrected chi connectivity index (χ1v) is 10.4. The maximum Gasteiger partial charge on any atom is 0.335 e. The van der Waals surface area contributed by atoms with Crippen LogP contribution in [0.3, 0.4) is 0 Å². The molecule has 0 atom stereocenters. The highest BCUT2D eigenvalue weighted by Gasteiger charge is 2.23. The number of aromatic carboxylic acids is 1. The van der Waals surface area contributed by atoms with Crippen LogP contribution in [0.25, 0.3) is 33.3 Å². The van der Waals surface area contributed by atoms with Crippen molar-refractivity contribution in [1.82, 2.24) is 14.5 Å². The number of hydrogen-bond donors (Lipinski definition) is 2. The third kappa shape index (κ3) is 3.09. The predicted molar refractivity (Wildman–Crippen MR) is 117 cm³/mol. The van der Waals surface area contributed by atoms with Crippen LogP contribution < -0.4 is 5.43 Å². The summed E-state index contributed by atoms with van der Waals surface area (Å²) in [5, 5.41) is 10.0. The molecule has 6 heteroatoms. The van der Waals surface area contributed by atoms with E-state index in [2.05, 4.69) is 9.55 Å². The number of aromatic amines is 1. The van der Waals surface area contributed by atoms with E-state index in [0.717, 1.165) is 41.0 Å². The summed E-state index contributed by atoms with van der Waals surface area (Å²) >= 11 is 0. The van der Waals surface area contributed by atoms with Crippen LogP contribution in [-0.4, -0.2) is 25.6 Å². The number of H-pyrrole nitrogens is 1. The van der Waals surface area contributed by atoms with Crippen LogP contribution in [-0.2, 0) is 0 Å². The Hall–Kier alpha value is -3.41. The van der Waals surface area contributed by atoms with Gasteiger partial charge in [-0.05, 0) is 56.2 Å². The number of carbonyl (C=O) groups is 1. The van der Waals surface area contributed by atoms with Gasteiger partial charge in [-0.2, -0.15) is 0 Å². The molecule has 30 heavy (non-hydrogen) atoms. The third-order valence-electron chi connectivity index (χ3n) is 6.10. The van der Waals surface area contributed by atoms with Crippen LogP contribution in [0.1, 0.15) is 54.2 Å². The molecule has 6 nitrogen and oxygen atoms in total. The molecule has 5 rings (SSSR count). The van der Waals surface area contributed by atoms with Gasteiger partial charge in [0.05, 0.1) is 16.6 Å². The smallest absolute Gasteiger partial charge is 0.335 e. The molecule has 2 aromatic carbocycles. The van der Waals surface area contributed by atoms with E-state index in [1.165, 1.54) is 19.3 Å². The lowest BCUT2D eigenvalue weighted by molar-refractivity contribution is 0.0697. The summed E-state index contributed by atoms with van der Waals surface area (Å²) in [5.41, 5.74) is 4.33. The number of aryl methyl sites for hydroxylation is 1. The maximum atomic E-state index is 12.5. The van der Waals surface area contributed by atoms with Crippen LogP contribution in [0.15, 0.2) is 47.3 Å². The van der Waals surface area contributed by atoms with Crippen molar-refractivity contribution in [1.29, 1.82) is 0 Å². The zero-order chi connectivity index (χ0) is 20.8. The number of carboxylic acid groups (broad SMARTS) is 1. The lowest BCUT2D eigenvalue weighted by Gasteiger charge is -2.25. The fourth-order valence-corrected chi connectivity index (χ4v) is 4.66. The number of carboxylic acids is 1. The molecule has 0 bridgehead atoms. The Morgan fingerprint density at radius 1 is 1.10 bits per heavy atom. The minimum atomic E-state index is -0.960. The highest BCUT2D eigenvalue weighted by Crippen LogP contribution is 2.36. The van der Waals surface area contributed by atoms with Crippen molar-refractivity contribution >= 4 is 27.9 Å². The third-order valence-corrected chi connectivity index (χ3v) is 6.10. The normalized spacial score (nSPS) is 15.1. The van der Waals surface area contributed by atoms with Crippen LogP contribution in [0.4, 0.5) is 0 Å². The molecule has 0 amide bonds. The number of aromatic nitrogens is 3. The van der Waals surface area contributed by atoms with Crippen molar-refractivity contribution in [2.24, 2.45) is 0 Å². The minimum Gasteiger partial charge on any atom is -0.478 e. The first kappa shape index (κ1) is 18.6. The van der Waals surface area contributed by atoms with Crippen molar-refractivity contribution in [2.45, 2.75) is 45.1 Å². The van der Waals surface area contributed by atoms with E-state index in [0.29, 0.717) is 16.9 Å². The van der Waals surface area contributed by atoms with Gasteiger partial charge in [0.15, 0.2) is 5.43 Å². The Balaban J connectivity index is 1.75. The lowest BCUT2D eigenvalue weighted by Crippen LogP contribution is -2.14. The van der Waals surface area contributed by atoms with Gasteiger partial charge in [-0.25, -0.2) is 9.78 Å². The molecule has 0 saturated heterocycles. The van der Waals surface area contributed by atoms with E-state index in [1.807, 2.05) is 31.2 Å². The summed E-state index contributed by atoms with van der Waals surface area (Å²) < 4.78 is 2.25. The average molecular weight is 401 g/mol. The first-order valence-electron chi connectivity index (χ1n) is 10.4. The van der Waals surface area contributed by atoms with Crippen molar-refractivity contribution in [3.63, 3.8) is 0 Å². The summed E-state index contributed by atoms with van der Waals surface area (Å²) in [5.74, 6) is -0.167. The fourth-order valence-electron chi connectivity index (χ4n) is 4.66. The number of hydrogen-bond acceptors (Lipinski definition) is 3. The Morgan fingerprint density at radius 3 is 2.67 bits per heavy atom. The molecule has 0 radical (unpaired) electrons. The second-order valence-corrected chi connectivity index (χ2v) is 8.18. The first-order chi connectivity index (χ1) is 14.5. The van der Waals surface area contributed by atoms with Crippen molar-refractivity contribution in [3.05, 3.63) is 63.9 Å². The zero-order valence-corrected chi connectivity index (χ0v) is 16.8. The molecule has 0 unspecified atom stereocenters. The van der Waals surface area contributed by atoms with Gasteiger partial charge in [-0.15, -0.1) is 0 Å². The molecule has 2 N–H and O–H groups in total. The molecule has 0 spiro atoms. The van der Waals surface area contributed by atoms with E-state index in [-0.39, 0.29) is 11.0 Å². The molecule has 2 heterocycles. The van der Waals surface area contributed by atoms with Gasteiger partial charge in [0.2, 0.25) is 0 Å². The summed E-state index contributed by atoms with van der Waals surface area (Å²) in [7, 11) is 0. The van der Waals surface area contributed by atoms with Gasteiger partial charge in [-0.3, -0.25) is 4.79 Å². The number of pyridine rings is 1. The van der Waals surface area contributed by atoms with Crippen molar-refractivity contribution in [3.8, 4) is 11.4 Å². The molecule has 1 fully saturated rings. The molecule has 152 valence electrons. The summed E-state index contributed by atoms with van der Waals surface area (Å²) in [6.45, 7) is 1.87. The number of rotatable bonds is 3. The molecule has 2 aromatic heterocycles. The maximum absolute atomic E-state index is 12.5. The van der Waals surface area contributed by atoms with Gasteiger partial charge in [0, 0.05) is 34.3 Å². The van der Waals surface area contributed by atoms with Crippen LogP contribution in [0.5, 0.6) is 0 Å². The second-order valence-electron chi connectivity index (χ2n) is 8.18. The summed E-state index contributed by atoms with van der Waals surface area (Å²) in [6.07, 6.45) is 5.74. The van der Waals surface area contributed by atoms with E-state index >= 15 is 0 Å². The van der Waals surface area contributed by atoms with Gasteiger partial charge < -0.3 is 14.7 Å².